The van der Waals surface area contributed by atoms with Crippen LogP contribution in [0.15, 0.2) is 170 Å². The Kier molecular flexibility index (Phi) is 6.54. The van der Waals surface area contributed by atoms with Crippen molar-refractivity contribution in [2.45, 2.75) is 5.41 Å². The fraction of sp³-hybridized carbons (Fsp3) is 0.0204. The lowest BCUT2D eigenvalue weighted by Crippen LogP contribution is -2.28. The zero-order valence-corrected chi connectivity index (χ0v) is 30.0. The van der Waals surface area contributed by atoms with Crippen molar-refractivity contribution in [1.82, 2.24) is 0 Å². The third kappa shape index (κ3) is 4.63. The number of aromatic hydroxyl groups is 2. The summed E-state index contributed by atoms with van der Waals surface area (Å²) in [4.78, 5) is 2.49. The van der Waals surface area contributed by atoms with Gasteiger partial charge in [0.15, 0.2) is 0 Å². The molecule has 0 unspecified atom stereocenters. The first-order valence-electron chi connectivity index (χ1n) is 17.8. The lowest BCUT2D eigenvalue weighted by Gasteiger charge is -2.35. The van der Waals surface area contributed by atoms with Crippen LogP contribution in [0.25, 0.3) is 73.7 Å². The molecular formula is C49H30O2S2. The minimum atomic E-state index is -0.678. The molecule has 0 bridgehead atoms. The van der Waals surface area contributed by atoms with Crippen molar-refractivity contribution in [2.24, 2.45) is 0 Å². The highest BCUT2D eigenvalue weighted by molar-refractivity contribution is 7.22. The maximum Gasteiger partial charge on any atom is 0.116 e. The fourth-order valence-corrected chi connectivity index (χ4v) is 10.7. The van der Waals surface area contributed by atoms with Crippen LogP contribution in [0.3, 0.4) is 0 Å². The molecule has 11 rings (SSSR count). The minimum absolute atomic E-state index is 0.259. The second-order valence-corrected chi connectivity index (χ2v) is 16.2. The van der Waals surface area contributed by atoms with E-state index >= 15 is 0 Å². The Bertz CT molecular complexity index is 2830. The molecule has 0 radical (unpaired) electrons. The van der Waals surface area contributed by atoms with Crippen LogP contribution in [0.5, 0.6) is 11.5 Å². The molecular weight excluding hydrogens is 685 g/mol. The summed E-state index contributed by atoms with van der Waals surface area (Å²) in [6.45, 7) is 0. The molecule has 0 atom stereocenters. The van der Waals surface area contributed by atoms with E-state index in [2.05, 4.69) is 133 Å². The molecule has 2 N–H and O–H groups in total. The molecule has 10 aromatic rings. The molecule has 0 fully saturated rings. The molecule has 250 valence electrons. The molecule has 2 heterocycles. The zero-order valence-electron chi connectivity index (χ0n) is 28.4. The lowest BCUT2D eigenvalue weighted by atomic mass is 9.66. The summed E-state index contributed by atoms with van der Waals surface area (Å²) < 4.78 is 2.56. The van der Waals surface area contributed by atoms with Crippen molar-refractivity contribution >= 4 is 64.4 Å². The standard InChI is InChI=1S/C49H30O2S2/c50-39-17-11-29-21-37(15-9-31(29)23-39)49(38-16-10-32-24-40(51)18-12-30(32)22-38)43-25-35(47-27-33-5-1-3-7-45(33)52-47)13-19-41(43)42-20-14-36(26-44(42)49)48-28-34-6-2-4-8-46(34)53-48/h1-28,50-51H. The first-order chi connectivity index (χ1) is 26.0. The summed E-state index contributed by atoms with van der Waals surface area (Å²) in [5.74, 6) is 0.519. The van der Waals surface area contributed by atoms with E-state index in [1.807, 2.05) is 46.9 Å². The number of benzene rings is 8. The second kappa shape index (κ2) is 11.4. The quantitative estimate of drug-likeness (QED) is 0.191. The molecule has 4 heteroatoms. The Hall–Kier alpha value is -6.20. The van der Waals surface area contributed by atoms with Crippen LogP contribution in [-0.4, -0.2) is 10.2 Å². The van der Waals surface area contributed by atoms with Gasteiger partial charge in [-0.2, -0.15) is 0 Å². The molecule has 0 amide bonds. The Morgan fingerprint density at radius 1 is 0.358 bits per heavy atom. The molecule has 0 spiro atoms. The number of rotatable bonds is 4. The first-order valence-corrected chi connectivity index (χ1v) is 19.4. The van der Waals surface area contributed by atoms with Gasteiger partial charge in [0.2, 0.25) is 0 Å². The average Bonchev–Trinajstić information content (AvgIpc) is 3.90. The molecule has 0 aliphatic heterocycles. The Balaban J connectivity index is 1.25. The van der Waals surface area contributed by atoms with E-state index in [-0.39, 0.29) is 11.5 Å². The molecule has 0 saturated heterocycles. The van der Waals surface area contributed by atoms with Crippen LogP contribution in [0.4, 0.5) is 0 Å². The number of fused-ring (bicyclic) bond motifs is 7. The molecule has 2 nitrogen and oxygen atoms in total. The van der Waals surface area contributed by atoms with Crippen molar-refractivity contribution in [3.8, 4) is 43.5 Å². The smallest absolute Gasteiger partial charge is 0.116 e. The molecule has 0 saturated carbocycles. The first kappa shape index (κ1) is 30.4. The molecule has 1 aliphatic carbocycles. The number of phenolic OH excluding ortho intramolecular Hbond substituents is 2. The van der Waals surface area contributed by atoms with Gasteiger partial charge in [-0.1, -0.05) is 97.1 Å². The van der Waals surface area contributed by atoms with Crippen LogP contribution in [0.1, 0.15) is 22.3 Å². The van der Waals surface area contributed by atoms with Gasteiger partial charge in [-0.15, -0.1) is 22.7 Å². The molecule has 1 aliphatic rings. The third-order valence-corrected chi connectivity index (χ3v) is 13.4. The predicted molar refractivity (Wildman–Crippen MR) is 224 cm³/mol. The van der Waals surface area contributed by atoms with Crippen molar-refractivity contribution in [3.05, 3.63) is 192 Å². The fourth-order valence-electron chi connectivity index (χ4n) is 8.60. The predicted octanol–water partition coefficient (Wildman–Crippen LogP) is 13.5. The highest BCUT2D eigenvalue weighted by atomic mass is 32.1. The van der Waals surface area contributed by atoms with Gasteiger partial charge >= 0.3 is 0 Å². The highest BCUT2D eigenvalue weighted by Crippen LogP contribution is 2.58. The molecule has 2 aromatic heterocycles. The van der Waals surface area contributed by atoms with Crippen molar-refractivity contribution in [2.75, 3.05) is 0 Å². The van der Waals surface area contributed by atoms with Gasteiger partial charge in [0, 0.05) is 19.2 Å². The van der Waals surface area contributed by atoms with Crippen molar-refractivity contribution in [3.63, 3.8) is 0 Å². The summed E-state index contributed by atoms with van der Waals surface area (Å²) >= 11 is 3.67. The van der Waals surface area contributed by atoms with E-state index in [9.17, 15) is 10.2 Å². The van der Waals surface area contributed by atoms with Gasteiger partial charge < -0.3 is 10.2 Å². The summed E-state index contributed by atoms with van der Waals surface area (Å²) in [6.07, 6.45) is 0. The van der Waals surface area contributed by atoms with Crippen LogP contribution in [0.2, 0.25) is 0 Å². The Morgan fingerprint density at radius 2 is 0.792 bits per heavy atom. The second-order valence-electron chi connectivity index (χ2n) is 14.1. The Morgan fingerprint density at radius 3 is 1.26 bits per heavy atom. The van der Waals surface area contributed by atoms with Crippen LogP contribution >= 0.6 is 22.7 Å². The summed E-state index contributed by atoms with van der Waals surface area (Å²) in [5, 5.41) is 27.4. The van der Waals surface area contributed by atoms with E-state index in [0.717, 1.165) is 32.7 Å². The topological polar surface area (TPSA) is 40.5 Å². The third-order valence-electron chi connectivity index (χ3n) is 11.1. The SMILES string of the molecule is Oc1ccc2cc(C3(c4ccc5cc(O)ccc5c4)c4cc(-c5cc6ccccc6s5)ccc4-c4ccc(-c5cc6ccccc6s5)cc43)ccc2c1. The van der Waals surface area contributed by atoms with Gasteiger partial charge in [0.1, 0.15) is 11.5 Å². The Labute approximate surface area is 314 Å². The lowest BCUT2D eigenvalue weighted by molar-refractivity contribution is 0.475. The van der Waals surface area contributed by atoms with E-state index in [0.29, 0.717) is 0 Å². The number of hydrogen-bond acceptors (Lipinski definition) is 4. The van der Waals surface area contributed by atoms with Gasteiger partial charge in [0.05, 0.1) is 5.41 Å². The highest BCUT2D eigenvalue weighted by Gasteiger charge is 2.47. The number of hydrogen-bond donors (Lipinski definition) is 2. The van der Waals surface area contributed by atoms with Crippen molar-refractivity contribution < 1.29 is 10.2 Å². The van der Waals surface area contributed by atoms with Gasteiger partial charge in [-0.25, -0.2) is 0 Å². The normalized spacial score (nSPS) is 13.2. The number of phenols is 2. The van der Waals surface area contributed by atoms with Gasteiger partial charge in [0.25, 0.3) is 0 Å². The van der Waals surface area contributed by atoms with E-state index in [1.165, 1.54) is 63.3 Å². The van der Waals surface area contributed by atoms with E-state index < -0.39 is 5.41 Å². The van der Waals surface area contributed by atoms with Crippen LogP contribution in [0, 0.1) is 0 Å². The summed E-state index contributed by atoms with van der Waals surface area (Å²) in [6, 6.07) is 60.6. The minimum Gasteiger partial charge on any atom is -0.508 e. The van der Waals surface area contributed by atoms with E-state index in [1.54, 1.807) is 12.1 Å². The average molecular weight is 715 g/mol. The zero-order chi connectivity index (χ0) is 35.3. The maximum absolute atomic E-state index is 10.4. The summed E-state index contributed by atoms with van der Waals surface area (Å²) in [5.41, 5.74) is 8.98. The van der Waals surface area contributed by atoms with Crippen LogP contribution in [-0.2, 0) is 5.41 Å². The summed E-state index contributed by atoms with van der Waals surface area (Å²) in [7, 11) is 0. The van der Waals surface area contributed by atoms with Gasteiger partial charge in [-0.05, 0) is 150 Å². The monoisotopic (exact) mass is 714 g/mol. The maximum atomic E-state index is 10.4. The molecule has 53 heavy (non-hydrogen) atoms. The number of thiophene rings is 2. The van der Waals surface area contributed by atoms with E-state index in [4.69, 9.17) is 0 Å². The van der Waals surface area contributed by atoms with Crippen LogP contribution < -0.4 is 0 Å². The van der Waals surface area contributed by atoms with Crippen molar-refractivity contribution in [1.29, 1.82) is 0 Å². The van der Waals surface area contributed by atoms with Gasteiger partial charge in [-0.3, -0.25) is 0 Å². The largest absolute Gasteiger partial charge is 0.508 e. The molecule has 8 aromatic carbocycles.